The van der Waals surface area contributed by atoms with E-state index in [1.807, 2.05) is 6.20 Å². The Morgan fingerprint density at radius 1 is 1.15 bits per heavy atom. The predicted molar refractivity (Wildman–Crippen MR) is 110 cm³/mol. The molecular formula is C21H26N6. The smallest absolute Gasteiger partial charge is 0.203 e. The van der Waals surface area contributed by atoms with Gasteiger partial charge in [-0.05, 0) is 37.0 Å². The topological polar surface area (TPSA) is 58.0 Å². The first-order valence-corrected chi connectivity index (χ1v) is 9.90. The number of pyridine rings is 1. The van der Waals surface area contributed by atoms with E-state index in [0.29, 0.717) is 0 Å². The van der Waals surface area contributed by atoms with Crippen LogP contribution in [0.3, 0.4) is 0 Å². The van der Waals surface area contributed by atoms with Crippen LogP contribution in [0.15, 0.2) is 36.5 Å². The SMILES string of the molecule is Cn1c(NCC2CC2)nc2cnc(-c3ccc(N4CCNCC4)cc3)cc21. The van der Waals surface area contributed by atoms with Gasteiger partial charge in [-0.3, -0.25) is 4.98 Å². The van der Waals surface area contributed by atoms with Gasteiger partial charge in [-0.25, -0.2) is 4.98 Å². The van der Waals surface area contributed by atoms with Gasteiger partial charge < -0.3 is 20.1 Å². The van der Waals surface area contributed by atoms with E-state index in [9.17, 15) is 0 Å². The number of fused-ring (bicyclic) bond motifs is 1. The largest absolute Gasteiger partial charge is 0.369 e. The van der Waals surface area contributed by atoms with E-state index in [1.54, 1.807) is 0 Å². The molecule has 0 amide bonds. The maximum absolute atomic E-state index is 4.70. The molecule has 1 aromatic carbocycles. The molecule has 5 rings (SSSR count). The normalized spacial score (nSPS) is 17.4. The molecule has 6 nitrogen and oxygen atoms in total. The molecule has 1 aliphatic heterocycles. The summed E-state index contributed by atoms with van der Waals surface area (Å²) in [6, 6.07) is 10.9. The van der Waals surface area contributed by atoms with Crippen molar-refractivity contribution in [1.82, 2.24) is 19.9 Å². The van der Waals surface area contributed by atoms with Crippen LogP contribution in [0.4, 0.5) is 11.6 Å². The van der Waals surface area contributed by atoms with Crippen molar-refractivity contribution >= 4 is 22.7 Å². The highest BCUT2D eigenvalue weighted by Crippen LogP contribution is 2.30. The summed E-state index contributed by atoms with van der Waals surface area (Å²) >= 11 is 0. The quantitative estimate of drug-likeness (QED) is 0.731. The number of anilines is 2. The van der Waals surface area contributed by atoms with E-state index >= 15 is 0 Å². The van der Waals surface area contributed by atoms with Crippen LogP contribution >= 0.6 is 0 Å². The number of aryl methyl sites for hydroxylation is 1. The molecule has 2 fully saturated rings. The van der Waals surface area contributed by atoms with Crippen molar-refractivity contribution in [2.24, 2.45) is 13.0 Å². The van der Waals surface area contributed by atoms with Crippen LogP contribution in [0.5, 0.6) is 0 Å². The maximum Gasteiger partial charge on any atom is 0.203 e. The van der Waals surface area contributed by atoms with Crippen molar-refractivity contribution < 1.29 is 0 Å². The van der Waals surface area contributed by atoms with E-state index in [0.717, 1.165) is 66.9 Å². The van der Waals surface area contributed by atoms with Crippen molar-refractivity contribution in [1.29, 1.82) is 0 Å². The van der Waals surface area contributed by atoms with Gasteiger partial charge in [0.25, 0.3) is 0 Å². The van der Waals surface area contributed by atoms with Gasteiger partial charge in [-0.2, -0.15) is 0 Å². The van der Waals surface area contributed by atoms with Crippen LogP contribution in [0.2, 0.25) is 0 Å². The van der Waals surface area contributed by atoms with Crippen molar-refractivity contribution in [3.8, 4) is 11.3 Å². The number of hydrogen-bond donors (Lipinski definition) is 2. The first kappa shape index (κ1) is 16.6. The molecule has 1 saturated carbocycles. The summed E-state index contributed by atoms with van der Waals surface area (Å²) < 4.78 is 2.14. The number of hydrogen-bond acceptors (Lipinski definition) is 5. The first-order chi connectivity index (χ1) is 13.3. The van der Waals surface area contributed by atoms with E-state index in [1.165, 1.54) is 18.5 Å². The van der Waals surface area contributed by atoms with E-state index in [2.05, 4.69) is 62.5 Å². The zero-order chi connectivity index (χ0) is 18.2. The minimum atomic E-state index is 0.827. The van der Waals surface area contributed by atoms with Crippen LogP contribution in [0, 0.1) is 5.92 Å². The van der Waals surface area contributed by atoms with Gasteiger partial charge in [0.15, 0.2) is 0 Å². The lowest BCUT2D eigenvalue weighted by Crippen LogP contribution is -2.43. The van der Waals surface area contributed by atoms with Crippen LogP contribution < -0.4 is 15.5 Å². The number of imidazole rings is 1. The molecule has 2 aliphatic rings. The standard InChI is InChI=1S/C21H26N6/c1-26-20-12-18(23-14-19(20)25-21(26)24-13-15-2-3-15)16-4-6-17(7-5-16)27-10-8-22-9-11-27/h4-7,12,14-15,22H,2-3,8-11,13H2,1H3,(H,24,25). The zero-order valence-electron chi connectivity index (χ0n) is 15.8. The fourth-order valence-corrected chi connectivity index (χ4v) is 3.74. The minimum absolute atomic E-state index is 0.827. The Balaban J connectivity index is 1.39. The minimum Gasteiger partial charge on any atom is -0.369 e. The molecule has 0 atom stereocenters. The lowest BCUT2D eigenvalue weighted by atomic mass is 10.1. The molecule has 2 N–H and O–H groups in total. The molecule has 1 aliphatic carbocycles. The fourth-order valence-electron chi connectivity index (χ4n) is 3.74. The number of piperazine rings is 1. The van der Waals surface area contributed by atoms with Gasteiger partial charge in [0, 0.05) is 51.0 Å². The third-order valence-electron chi connectivity index (χ3n) is 5.66. The molecule has 140 valence electrons. The zero-order valence-corrected chi connectivity index (χ0v) is 15.8. The summed E-state index contributed by atoms with van der Waals surface area (Å²) in [5, 5.41) is 6.88. The van der Waals surface area contributed by atoms with Crippen LogP contribution in [0.25, 0.3) is 22.3 Å². The van der Waals surface area contributed by atoms with Gasteiger partial charge in [-0.15, -0.1) is 0 Å². The highest BCUT2D eigenvalue weighted by atomic mass is 15.2. The lowest BCUT2D eigenvalue weighted by Gasteiger charge is -2.29. The molecule has 2 aromatic heterocycles. The average molecular weight is 362 g/mol. The second-order valence-electron chi connectivity index (χ2n) is 7.66. The third-order valence-corrected chi connectivity index (χ3v) is 5.66. The summed E-state index contributed by atoms with van der Waals surface area (Å²) in [6.07, 6.45) is 4.57. The summed E-state index contributed by atoms with van der Waals surface area (Å²) in [5.74, 6) is 1.76. The molecular weight excluding hydrogens is 336 g/mol. The Morgan fingerprint density at radius 3 is 2.67 bits per heavy atom. The second kappa shape index (κ2) is 6.85. The van der Waals surface area contributed by atoms with Gasteiger partial charge in [0.1, 0.15) is 5.52 Å². The predicted octanol–water partition coefficient (Wildman–Crippen LogP) is 2.87. The highest BCUT2D eigenvalue weighted by molar-refractivity contribution is 5.82. The number of nitrogens with one attached hydrogen (secondary N) is 2. The molecule has 6 heteroatoms. The number of rotatable bonds is 5. The van der Waals surface area contributed by atoms with Crippen molar-refractivity contribution in [3.05, 3.63) is 36.5 Å². The lowest BCUT2D eigenvalue weighted by molar-refractivity contribution is 0.589. The van der Waals surface area contributed by atoms with E-state index < -0.39 is 0 Å². The maximum atomic E-state index is 4.70. The molecule has 0 bridgehead atoms. The summed E-state index contributed by atoms with van der Waals surface area (Å²) in [6.45, 7) is 5.25. The first-order valence-electron chi connectivity index (χ1n) is 9.90. The number of benzene rings is 1. The summed E-state index contributed by atoms with van der Waals surface area (Å²) in [5.41, 5.74) is 5.48. The van der Waals surface area contributed by atoms with Gasteiger partial charge in [-0.1, -0.05) is 12.1 Å². The molecule has 27 heavy (non-hydrogen) atoms. The summed E-state index contributed by atoms with van der Waals surface area (Å²) in [7, 11) is 2.07. The third kappa shape index (κ3) is 3.37. The average Bonchev–Trinajstić information content (AvgIpc) is 3.51. The van der Waals surface area contributed by atoms with Crippen LogP contribution in [0.1, 0.15) is 12.8 Å². The van der Waals surface area contributed by atoms with Crippen LogP contribution in [-0.2, 0) is 7.05 Å². The summed E-state index contributed by atoms with van der Waals surface area (Å²) in [4.78, 5) is 11.8. The second-order valence-corrected chi connectivity index (χ2v) is 7.66. The molecule has 0 unspecified atom stereocenters. The molecule has 0 spiro atoms. The Kier molecular flexibility index (Phi) is 4.20. The highest BCUT2D eigenvalue weighted by Gasteiger charge is 2.21. The number of aromatic nitrogens is 3. The Bertz CT molecular complexity index is 935. The molecule has 3 heterocycles. The Hall–Kier alpha value is -2.60. The molecule has 1 saturated heterocycles. The van der Waals surface area contributed by atoms with Crippen molar-refractivity contribution in [2.75, 3.05) is 42.9 Å². The van der Waals surface area contributed by atoms with E-state index in [-0.39, 0.29) is 0 Å². The van der Waals surface area contributed by atoms with Crippen molar-refractivity contribution in [3.63, 3.8) is 0 Å². The van der Waals surface area contributed by atoms with E-state index in [4.69, 9.17) is 4.98 Å². The Morgan fingerprint density at radius 2 is 1.93 bits per heavy atom. The van der Waals surface area contributed by atoms with Gasteiger partial charge in [0.2, 0.25) is 5.95 Å². The van der Waals surface area contributed by atoms with Gasteiger partial charge >= 0.3 is 0 Å². The molecule has 0 radical (unpaired) electrons. The van der Waals surface area contributed by atoms with Crippen LogP contribution in [-0.4, -0.2) is 47.3 Å². The molecule has 3 aromatic rings. The Labute approximate surface area is 159 Å². The monoisotopic (exact) mass is 362 g/mol. The van der Waals surface area contributed by atoms with Crippen molar-refractivity contribution in [2.45, 2.75) is 12.8 Å². The fraction of sp³-hybridized carbons (Fsp3) is 0.429. The van der Waals surface area contributed by atoms with Gasteiger partial charge in [0.05, 0.1) is 17.4 Å². The number of nitrogens with zero attached hydrogens (tertiary/aromatic N) is 4.